The van der Waals surface area contributed by atoms with Gasteiger partial charge in [-0.25, -0.2) is 9.97 Å². The summed E-state index contributed by atoms with van der Waals surface area (Å²) in [6, 6.07) is 7.10. The summed E-state index contributed by atoms with van der Waals surface area (Å²) in [4.78, 5) is 22.7. The zero-order valence-corrected chi connectivity index (χ0v) is 12.4. The average molecular weight is 288 g/mol. The van der Waals surface area contributed by atoms with E-state index in [4.69, 9.17) is 5.73 Å². The van der Waals surface area contributed by atoms with Gasteiger partial charge in [0.15, 0.2) is 5.16 Å². The molecule has 0 aliphatic carbocycles. The topological polar surface area (TPSA) is 72.1 Å². The van der Waals surface area contributed by atoms with Crippen molar-refractivity contribution in [1.82, 2.24) is 14.9 Å². The number of carbonyl (C=O) groups excluding carboxylic acids is 1. The third-order valence-corrected chi connectivity index (χ3v) is 3.61. The molecule has 0 fully saturated rings. The van der Waals surface area contributed by atoms with E-state index in [0.717, 1.165) is 10.6 Å². The smallest absolute Gasteiger partial charge is 0.253 e. The number of aromatic nitrogens is 2. The van der Waals surface area contributed by atoms with E-state index in [1.807, 2.05) is 19.1 Å². The van der Waals surface area contributed by atoms with Crippen LogP contribution in [-0.4, -0.2) is 34.9 Å². The van der Waals surface area contributed by atoms with Gasteiger partial charge >= 0.3 is 0 Å². The quantitative estimate of drug-likeness (QED) is 0.692. The lowest BCUT2D eigenvalue weighted by Gasteiger charge is -2.12. The second kappa shape index (κ2) is 5.92. The van der Waals surface area contributed by atoms with Crippen molar-refractivity contribution in [1.29, 1.82) is 0 Å². The number of nitrogen functional groups attached to an aromatic ring is 1. The first-order chi connectivity index (χ1) is 9.47. The molecule has 1 aromatic carbocycles. The Bertz CT molecular complexity index is 643. The van der Waals surface area contributed by atoms with Gasteiger partial charge in [0, 0.05) is 42.1 Å². The average Bonchev–Trinajstić information content (AvgIpc) is 2.40. The fourth-order valence-corrected chi connectivity index (χ4v) is 2.42. The van der Waals surface area contributed by atoms with Gasteiger partial charge in [-0.3, -0.25) is 4.79 Å². The molecular weight excluding hydrogens is 272 g/mol. The summed E-state index contributed by atoms with van der Waals surface area (Å²) < 4.78 is 0. The molecule has 0 aliphatic heterocycles. The van der Waals surface area contributed by atoms with Crippen molar-refractivity contribution in [3.05, 3.63) is 41.7 Å². The predicted molar refractivity (Wildman–Crippen MR) is 79.8 cm³/mol. The molecule has 2 rings (SSSR count). The zero-order valence-electron chi connectivity index (χ0n) is 11.6. The normalized spacial score (nSPS) is 10.3. The van der Waals surface area contributed by atoms with Crippen LogP contribution in [0.2, 0.25) is 0 Å². The number of hydrogen-bond acceptors (Lipinski definition) is 5. The van der Waals surface area contributed by atoms with Crippen LogP contribution in [0, 0.1) is 6.92 Å². The molecule has 2 aromatic rings. The third-order valence-electron chi connectivity index (χ3n) is 2.64. The molecule has 0 unspecified atom stereocenters. The first kappa shape index (κ1) is 14.3. The van der Waals surface area contributed by atoms with Gasteiger partial charge in [-0.15, -0.1) is 0 Å². The minimum absolute atomic E-state index is 0.0694. The Morgan fingerprint density at radius 3 is 2.65 bits per heavy atom. The Kier molecular flexibility index (Phi) is 4.24. The maximum absolute atomic E-state index is 11.8. The second-order valence-electron chi connectivity index (χ2n) is 4.53. The highest BCUT2D eigenvalue weighted by atomic mass is 32.2. The standard InChI is InChI=1S/C14H16N4OS/c1-9-6-7-16-14(17-9)20-12-5-4-10(8-11(12)15)13(19)18(2)3/h4-8H,15H2,1-3H3. The summed E-state index contributed by atoms with van der Waals surface area (Å²) in [6.45, 7) is 1.91. The van der Waals surface area contributed by atoms with Crippen LogP contribution in [0.25, 0.3) is 0 Å². The van der Waals surface area contributed by atoms with Gasteiger partial charge in [0.1, 0.15) is 0 Å². The summed E-state index contributed by atoms with van der Waals surface area (Å²) in [5.41, 5.74) is 8.02. The first-order valence-electron chi connectivity index (χ1n) is 6.06. The van der Waals surface area contributed by atoms with Crippen LogP contribution in [0.3, 0.4) is 0 Å². The zero-order chi connectivity index (χ0) is 14.7. The van der Waals surface area contributed by atoms with E-state index in [1.54, 1.807) is 32.4 Å². The van der Waals surface area contributed by atoms with Crippen molar-refractivity contribution in [2.45, 2.75) is 17.0 Å². The van der Waals surface area contributed by atoms with Crippen LogP contribution < -0.4 is 5.73 Å². The molecule has 2 N–H and O–H groups in total. The molecule has 1 amide bonds. The lowest BCUT2D eigenvalue weighted by Crippen LogP contribution is -2.21. The van der Waals surface area contributed by atoms with Crippen molar-refractivity contribution >= 4 is 23.4 Å². The molecular formula is C14H16N4OS. The predicted octanol–water partition coefficient (Wildman–Crippen LogP) is 2.22. The molecule has 0 bridgehead atoms. The van der Waals surface area contributed by atoms with Crippen molar-refractivity contribution in [3.63, 3.8) is 0 Å². The molecule has 0 saturated heterocycles. The summed E-state index contributed by atoms with van der Waals surface area (Å²) in [7, 11) is 3.42. The van der Waals surface area contributed by atoms with Crippen molar-refractivity contribution in [3.8, 4) is 0 Å². The van der Waals surface area contributed by atoms with E-state index in [-0.39, 0.29) is 5.91 Å². The fourth-order valence-electron chi connectivity index (χ4n) is 1.61. The molecule has 0 radical (unpaired) electrons. The van der Waals surface area contributed by atoms with E-state index in [1.165, 1.54) is 16.7 Å². The molecule has 20 heavy (non-hydrogen) atoms. The monoisotopic (exact) mass is 288 g/mol. The Hall–Kier alpha value is -2.08. The van der Waals surface area contributed by atoms with Crippen molar-refractivity contribution < 1.29 is 4.79 Å². The highest BCUT2D eigenvalue weighted by Gasteiger charge is 2.11. The summed E-state index contributed by atoms with van der Waals surface area (Å²) in [6.07, 6.45) is 1.71. The molecule has 0 atom stereocenters. The molecule has 1 aromatic heterocycles. The Labute approximate surface area is 122 Å². The van der Waals surface area contributed by atoms with Gasteiger partial charge < -0.3 is 10.6 Å². The Morgan fingerprint density at radius 1 is 1.30 bits per heavy atom. The first-order valence-corrected chi connectivity index (χ1v) is 6.87. The Morgan fingerprint density at radius 2 is 2.05 bits per heavy atom. The Balaban J connectivity index is 2.24. The molecule has 104 valence electrons. The molecule has 0 spiro atoms. The van der Waals surface area contributed by atoms with E-state index >= 15 is 0 Å². The van der Waals surface area contributed by atoms with E-state index in [9.17, 15) is 4.79 Å². The maximum atomic E-state index is 11.8. The summed E-state index contributed by atoms with van der Waals surface area (Å²) in [5.74, 6) is -0.0694. The number of hydrogen-bond donors (Lipinski definition) is 1. The van der Waals surface area contributed by atoms with Crippen LogP contribution in [0.15, 0.2) is 40.5 Å². The highest BCUT2D eigenvalue weighted by molar-refractivity contribution is 7.99. The number of aryl methyl sites for hydroxylation is 1. The largest absolute Gasteiger partial charge is 0.398 e. The van der Waals surface area contributed by atoms with Gasteiger partial charge in [-0.1, -0.05) is 0 Å². The maximum Gasteiger partial charge on any atom is 0.253 e. The van der Waals surface area contributed by atoms with Crippen molar-refractivity contribution in [2.75, 3.05) is 19.8 Å². The molecule has 0 saturated carbocycles. The number of nitrogens with two attached hydrogens (primary N) is 1. The molecule has 1 heterocycles. The molecule has 5 nitrogen and oxygen atoms in total. The van der Waals surface area contributed by atoms with Gasteiger partial charge in [0.05, 0.1) is 0 Å². The van der Waals surface area contributed by atoms with Crippen LogP contribution in [0.1, 0.15) is 16.1 Å². The van der Waals surface area contributed by atoms with Gasteiger partial charge in [0.2, 0.25) is 0 Å². The van der Waals surface area contributed by atoms with E-state index in [2.05, 4.69) is 9.97 Å². The second-order valence-corrected chi connectivity index (χ2v) is 5.54. The molecule has 0 aliphatic rings. The number of carbonyl (C=O) groups is 1. The van der Waals surface area contributed by atoms with Crippen LogP contribution in [0.4, 0.5) is 5.69 Å². The van der Waals surface area contributed by atoms with E-state index in [0.29, 0.717) is 16.4 Å². The molecule has 6 heteroatoms. The minimum Gasteiger partial charge on any atom is -0.398 e. The summed E-state index contributed by atoms with van der Waals surface area (Å²) >= 11 is 1.39. The lowest BCUT2D eigenvalue weighted by atomic mass is 10.2. The van der Waals surface area contributed by atoms with Gasteiger partial charge in [-0.2, -0.15) is 0 Å². The summed E-state index contributed by atoms with van der Waals surface area (Å²) in [5, 5.41) is 0.642. The van der Waals surface area contributed by atoms with Crippen LogP contribution >= 0.6 is 11.8 Å². The number of rotatable bonds is 3. The minimum atomic E-state index is -0.0694. The van der Waals surface area contributed by atoms with E-state index < -0.39 is 0 Å². The number of amides is 1. The third kappa shape index (κ3) is 3.27. The van der Waals surface area contributed by atoms with Gasteiger partial charge in [0.25, 0.3) is 5.91 Å². The SMILES string of the molecule is Cc1ccnc(Sc2ccc(C(=O)N(C)C)cc2N)n1. The van der Waals surface area contributed by atoms with Crippen LogP contribution in [-0.2, 0) is 0 Å². The van der Waals surface area contributed by atoms with Gasteiger partial charge in [-0.05, 0) is 43.0 Å². The van der Waals surface area contributed by atoms with Crippen molar-refractivity contribution in [2.24, 2.45) is 0 Å². The van der Waals surface area contributed by atoms with Crippen LogP contribution in [0.5, 0.6) is 0 Å². The number of anilines is 1. The number of benzene rings is 1. The fraction of sp³-hybridized carbons (Fsp3) is 0.214. The lowest BCUT2D eigenvalue weighted by molar-refractivity contribution is 0.0827. The number of nitrogens with zero attached hydrogens (tertiary/aromatic N) is 3. The highest BCUT2D eigenvalue weighted by Crippen LogP contribution is 2.30.